The van der Waals surface area contributed by atoms with Gasteiger partial charge in [-0.2, -0.15) is 0 Å². The fraction of sp³-hybridized carbons (Fsp3) is 0.150. The van der Waals surface area contributed by atoms with Crippen molar-refractivity contribution in [1.29, 1.82) is 0 Å². The molecule has 1 unspecified atom stereocenters. The van der Waals surface area contributed by atoms with Gasteiger partial charge in [0.15, 0.2) is 0 Å². The van der Waals surface area contributed by atoms with Gasteiger partial charge >= 0.3 is 0 Å². The van der Waals surface area contributed by atoms with Gasteiger partial charge in [0, 0.05) is 28.9 Å². The number of pyridine rings is 1. The van der Waals surface area contributed by atoms with Crippen LogP contribution >= 0.6 is 0 Å². The van der Waals surface area contributed by atoms with Crippen molar-refractivity contribution in [2.24, 2.45) is 0 Å². The minimum absolute atomic E-state index is 0.455. The van der Waals surface area contributed by atoms with Crippen molar-refractivity contribution in [3.05, 3.63) is 72.1 Å². The smallest absolute Gasteiger partial charge is 0.118 e. The van der Waals surface area contributed by atoms with Crippen molar-refractivity contribution in [2.45, 2.75) is 12.5 Å². The zero-order chi connectivity index (χ0) is 16.5. The van der Waals surface area contributed by atoms with Crippen molar-refractivity contribution in [3.63, 3.8) is 0 Å². The number of aliphatic hydroxyl groups excluding tert-OH is 1. The van der Waals surface area contributed by atoms with Crippen LogP contribution in [0.15, 0.2) is 60.8 Å². The number of aromatic nitrogens is 2. The Bertz CT molecular complexity index is 990. The monoisotopic (exact) mass is 318 g/mol. The Balaban J connectivity index is 1.70. The number of aromatic amines is 1. The van der Waals surface area contributed by atoms with Crippen LogP contribution in [0.3, 0.4) is 0 Å². The molecule has 0 radical (unpaired) electrons. The predicted molar refractivity (Wildman–Crippen MR) is 95.3 cm³/mol. The number of nitrogens with zero attached hydrogens (tertiary/aromatic N) is 1. The first-order valence-electron chi connectivity index (χ1n) is 7.92. The van der Waals surface area contributed by atoms with Crippen LogP contribution in [0.1, 0.15) is 17.4 Å². The molecule has 0 saturated heterocycles. The summed E-state index contributed by atoms with van der Waals surface area (Å²) in [4.78, 5) is 7.91. The van der Waals surface area contributed by atoms with Gasteiger partial charge in [0.25, 0.3) is 0 Å². The Morgan fingerprint density at radius 1 is 1.04 bits per heavy atom. The second-order valence-corrected chi connectivity index (χ2v) is 5.84. The van der Waals surface area contributed by atoms with Crippen LogP contribution in [0.4, 0.5) is 0 Å². The summed E-state index contributed by atoms with van der Waals surface area (Å²) < 4.78 is 5.16. The van der Waals surface area contributed by atoms with Gasteiger partial charge in [-0.1, -0.05) is 30.3 Å². The Kier molecular flexibility index (Phi) is 3.67. The molecule has 0 aliphatic rings. The normalized spacial score (nSPS) is 12.6. The topological polar surface area (TPSA) is 58.1 Å². The van der Waals surface area contributed by atoms with E-state index in [1.807, 2.05) is 42.5 Å². The molecule has 0 aliphatic carbocycles. The lowest BCUT2D eigenvalue weighted by Gasteiger charge is -2.12. The number of nitrogens with one attached hydrogen (secondary N) is 1. The molecular weight excluding hydrogens is 300 g/mol. The molecule has 0 fully saturated rings. The highest BCUT2D eigenvalue weighted by atomic mass is 16.5. The first-order chi connectivity index (χ1) is 11.8. The molecular formula is C20H18N2O2. The van der Waals surface area contributed by atoms with Crippen LogP contribution in [0.25, 0.3) is 21.8 Å². The van der Waals surface area contributed by atoms with E-state index in [-0.39, 0.29) is 0 Å². The number of aliphatic hydroxyl groups is 1. The Hall–Kier alpha value is -2.85. The van der Waals surface area contributed by atoms with Crippen LogP contribution in [0.2, 0.25) is 0 Å². The highest BCUT2D eigenvalue weighted by Gasteiger charge is 2.14. The van der Waals surface area contributed by atoms with Crippen LogP contribution in [0.5, 0.6) is 5.75 Å². The standard InChI is InChI=1S/C20H18N2O2/c1-24-14-8-6-13(7-9-14)19(23)12-18-20-16(10-11-21-18)15-4-2-3-5-17(15)22-20/h2-11,19,22-23H,12H2,1H3. The van der Waals surface area contributed by atoms with E-state index in [2.05, 4.69) is 22.1 Å². The zero-order valence-electron chi connectivity index (χ0n) is 13.4. The zero-order valence-corrected chi connectivity index (χ0v) is 13.4. The molecule has 1 atom stereocenters. The van der Waals surface area contributed by atoms with Gasteiger partial charge in [-0.15, -0.1) is 0 Å². The molecule has 2 N–H and O–H groups in total. The summed E-state index contributed by atoms with van der Waals surface area (Å²) in [6.45, 7) is 0. The third-order valence-corrected chi connectivity index (χ3v) is 4.39. The highest BCUT2D eigenvalue weighted by molar-refractivity contribution is 6.07. The number of hydrogen-bond acceptors (Lipinski definition) is 3. The van der Waals surface area contributed by atoms with Gasteiger partial charge in [-0.05, 0) is 29.8 Å². The van der Waals surface area contributed by atoms with Gasteiger partial charge in [0.1, 0.15) is 5.75 Å². The molecule has 4 nitrogen and oxygen atoms in total. The first kappa shape index (κ1) is 14.7. The molecule has 0 aliphatic heterocycles. The van der Waals surface area contributed by atoms with E-state index in [1.165, 1.54) is 5.39 Å². The van der Waals surface area contributed by atoms with E-state index in [9.17, 15) is 5.11 Å². The number of H-pyrrole nitrogens is 1. The molecule has 120 valence electrons. The highest BCUT2D eigenvalue weighted by Crippen LogP contribution is 2.29. The number of benzene rings is 2. The predicted octanol–water partition coefficient (Wildman–Crippen LogP) is 4.00. The molecule has 0 saturated carbocycles. The third-order valence-electron chi connectivity index (χ3n) is 4.39. The van der Waals surface area contributed by atoms with Crippen molar-refractivity contribution < 1.29 is 9.84 Å². The average Bonchev–Trinajstić information content (AvgIpc) is 3.02. The van der Waals surface area contributed by atoms with Gasteiger partial charge in [-0.3, -0.25) is 4.98 Å². The van der Waals surface area contributed by atoms with E-state index in [0.717, 1.165) is 33.4 Å². The van der Waals surface area contributed by atoms with E-state index in [0.29, 0.717) is 6.42 Å². The molecule has 0 spiro atoms. The fourth-order valence-electron chi connectivity index (χ4n) is 3.11. The fourth-order valence-corrected chi connectivity index (χ4v) is 3.11. The lowest BCUT2D eigenvalue weighted by Crippen LogP contribution is -2.04. The summed E-state index contributed by atoms with van der Waals surface area (Å²) in [7, 11) is 1.63. The van der Waals surface area contributed by atoms with Crippen LogP contribution < -0.4 is 4.74 Å². The molecule has 0 amide bonds. The number of para-hydroxylation sites is 1. The maximum atomic E-state index is 10.6. The second kappa shape index (κ2) is 5.98. The molecule has 2 heterocycles. The first-order valence-corrected chi connectivity index (χ1v) is 7.92. The third kappa shape index (κ3) is 2.51. The Morgan fingerprint density at radius 2 is 1.83 bits per heavy atom. The summed E-state index contributed by atoms with van der Waals surface area (Å²) in [6.07, 6.45) is 1.65. The Morgan fingerprint density at radius 3 is 2.62 bits per heavy atom. The molecule has 24 heavy (non-hydrogen) atoms. The lowest BCUT2D eigenvalue weighted by atomic mass is 10.0. The number of hydrogen-bond donors (Lipinski definition) is 2. The van der Waals surface area contributed by atoms with E-state index < -0.39 is 6.10 Å². The summed E-state index contributed by atoms with van der Waals surface area (Å²) in [5, 5.41) is 12.9. The summed E-state index contributed by atoms with van der Waals surface area (Å²) in [6, 6.07) is 17.7. The molecule has 4 rings (SSSR count). The maximum Gasteiger partial charge on any atom is 0.118 e. The number of fused-ring (bicyclic) bond motifs is 3. The van der Waals surface area contributed by atoms with Crippen molar-refractivity contribution in [3.8, 4) is 5.75 Å². The molecule has 2 aromatic carbocycles. The summed E-state index contributed by atoms with van der Waals surface area (Å²) in [5.41, 5.74) is 3.80. The van der Waals surface area contributed by atoms with Gasteiger partial charge < -0.3 is 14.8 Å². The van der Waals surface area contributed by atoms with Gasteiger partial charge in [0.2, 0.25) is 0 Å². The van der Waals surface area contributed by atoms with Gasteiger partial charge in [0.05, 0.1) is 24.4 Å². The van der Waals surface area contributed by atoms with Crippen LogP contribution in [-0.4, -0.2) is 22.2 Å². The minimum Gasteiger partial charge on any atom is -0.497 e. The number of methoxy groups -OCH3 is 1. The molecule has 4 aromatic rings. The second-order valence-electron chi connectivity index (χ2n) is 5.84. The summed E-state index contributed by atoms with van der Waals surface area (Å²) >= 11 is 0. The summed E-state index contributed by atoms with van der Waals surface area (Å²) in [5.74, 6) is 0.779. The SMILES string of the molecule is COc1ccc(C(O)Cc2nccc3c2[nH]c2ccccc23)cc1. The minimum atomic E-state index is -0.611. The van der Waals surface area contributed by atoms with Crippen molar-refractivity contribution >= 4 is 21.8 Å². The van der Waals surface area contributed by atoms with E-state index >= 15 is 0 Å². The van der Waals surface area contributed by atoms with Crippen LogP contribution in [0, 0.1) is 0 Å². The van der Waals surface area contributed by atoms with Crippen molar-refractivity contribution in [2.75, 3.05) is 7.11 Å². The van der Waals surface area contributed by atoms with Crippen molar-refractivity contribution in [1.82, 2.24) is 9.97 Å². The van der Waals surface area contributed by atoms with Crippen LogP contribution in [-0.2, 0) is 6.42 Å². The van der Waals surface area contributed by atoms with Gasteiger partial charge in [-0.25, -0.2) is 0 Å². The Labute approximate surface area is 139 Å². The quantitative estimate of drug-likeness (QED) is 0.598. The number of rotatable bonds is 4. The van der Waals surface area contributed by atoms with E-state index in [4.69, 9.17) is 4.74 Å². The number of ether oxygens (including phenoxy) is 1. The molecule has 0 bridgehead atoms. The lowest BCUT2D eigenvalue weighted by molar-refractivity contribution is 0.177. The average molecular weight is 318 g/mol. The largest absolute Gasteiger partial charge is 0.497 e. The molecule has 4 heteroatoms. The maximum absolute atomic E-state index is 10.6. The van der Waals surface area contributed by atoms with E-state index in [1.54, 1.807) is 13.3 Å². The molecule has 2 aromatic heterocycles.